The van der Waals surface area contributed by atoms with Crippen molar-refractivity contribution in [2.45, 2.75) is 111 Å². The third kappa shape index (κ3) is 14.5. The van der Waals surface area contributed by atoms with Crippen LogP contribution in [0.3, 0.4) is 0 Å². The van der Waals surface area contributed by atoms with Crippen molar-refractivity contribution in [1.29, 1.82) is 10.5 Å². The first kappa shape index (κ1) is 60.7. The van der Waals surface area contributed by atoms with Crippen LogP contribution >= 0.6 is 15.9 Å². The van der Waals surface area contributed by atoms with Crippen molar-refractivity contribution >= 4 is 37.7 Å². The molecule has 0 spiro atoms. The predicted molar refractivity (Wildman–Crippen MR) is 301 cm³/mol. The van der Waals surface area contributed by atoms with Crippen LogP contribution in [-0.2, 0) is 50.6 Å². The number of aromatic nitrogens is 4. The number of aryl methyl sites for hydroxylation is 5. The second-order valence-corrected chi connectivity index (χ2v) is 19.8. The quantitative estimate of drug-likeness (QED) is 0.0488. The van der Waals surface area contributed by atoms with Gasteiger partial charge in [0.15, 0.2) is 23.0 Å². The van der Waals surface area contributed by atoms with Crippen LogP contribution in [0.5, 0.6) is 23.0 Å². The first-order valence-electron chi connectivity index (χ1n) is 25.2. The van der Waals surface area contributed by atoms with Crippen molar-refractivity contribution in [3.05, 3.63) is 106 Å². The van der Waals surface area contributed by atoms with Gasteiger partial charge in [0.25, 0.3) is 0 Å². The lowest BCUT2D eigenvalue weighted by Crippen LogP contribution is -2.32. The Morgan fingerprint density at radius 2 is 1.07 bits per heavy atom. The summed E-state index contributed by atoms with van der Waals surface area (Å²) >= 11 is 3.40. The summed E-state index contributed by atoms with van der Waals surface area (Å²) in [6, 6.07) is 30.4. The number of rotatable bonds is 23. The molecule has 2 aromatic heterocycles. The molecule has 0 amide bonds. The van der Waals surface area contributed by atoms with E-state index in [2.05, 4.69) is 140 Å². The number of alkyl halides is 1. The van der Waals surface area contributed by atoms with E-state index < -0.39 is 10.8 Å². The van der Waals surface area contributed by atoms with Crippen molar-refractivity contribution in [2.24, 2.45) is 25.9 Å². The van der Waals surface area contributed by atoms with Gasteiger partial charge < -0.3 is 29.2 Å². The van der Waals surface area contributed by atoms with Crippen molar-refractivity contribution in [2.75, 3.05) is 67.5 Å². The lowest BCUT2D eigenvalue weighted by atomic mass is 9.69. The Labute approximate surface area is 441 Å². The third-order valence-electron chi connectivity index (χ3n) is 14.1. The average Bonchev–Trinajstić information content (AvgIpc) is 3.89. The number of methoxy groups -OCH3 is 4. The highest BCUT2D eigenvalue weighted by Crippen LogP contribution is 2.40. The zero-order chi connectivity index (χ0) is 52.3. The van der Waals surface area contributed by atoms with Crippen molar-refractivity contribution in [3.8, 4) is 35.1 Å². The van der Waals surface area contributed by atoms with Crippen molar-refractivity contribution in [1.82, 2.24) is 29.8 Å². The minimum Gasteiger partial charge on any atom is -0.493 e. The molecule has 6 rings (SSSR count). The molecule has 72 heavy (non-hydrogen) atoms. The van der Waals surface area contributed by atoms with Crippen LogP contribution in [0.4, 0.5) is 0 Å². The Balaban J connectivity index is 0.000000316. The van der Waals surface area contributed by atoms with Crippen molar-refractivity contribution < 1.29 is 18.9 Å². The van der Waals surface area contributed by atoms with E-state index >= 15 is 0 Å². The lowest BCUT2D eigenvalue weighted by Gasteiger charge is -2.32. The minimum atomic E-state index is -0.519. The highest BCUT2D eigenvalue weighted by molar-refractivity contribution is 9.09. The van der Waals surface area contributed by atoms with E-state index in [1.807, 2.05) is 60.8 Å². The van der Waals surface area contributed by atoms with E-state index in [1.54, 1.807) is 28.4 Å². The molecule has 2 atom stereocenters. The zero-order valence-electron chi connectivity index (χ0n) is 45.2. The molecule has 2 unspecified atom stereocenters. The maximum Gasteiger partial charge on any atom is 0.160 e. The van der Waals surface area contributed by atoms with E-state index in [4.69, 9.17) is 18.9 Å². The number of halogens is 1. The monoisotopic (exact) mass is 1050 g/mol. The van der Waals surface area contributed by atoms with Crippen LogP contribution in [0.25, 0.3) is 21.8 Å². The Morgan fingerprint density at radius 1 is 0.639 bits per heavy atom. The molecule has 0 fully saturated rings. The van der Waals surface area contributed by atoms with Crippen LogP contribution in [0, 0.1) is 34.5 Å². The molecule has 1 N–H and O–H groups in total. The van der Waals surface area contributed by atoms with Gasteiger partial charge in [-0.1, -0.05) is 101 Å². The van der Waals surface area contributed by atoms with Gasteiger partial charge in [-0.2, -0.15) is 20.7 Å². The van der Waals surface area contributed by atoms with E-state index in [0.717, 1.165) is 133 Å². The summed E-state index contributed by atoms with van der Waals surface area (Å²) in [5.41, 5.74) is 8.17. The summed E-state index contributed by atoms with van der Waals surface area (Å²) in [5, 5.41) is 36.2. The SMILES string of the molecule is C.CCc1nn(C)c2cc(C(C#N)(CCCN(C)CCc3ccc(OC)c(OC)c3)C(C)C)ccc12.CCc1nn(C)c2cc(C(C#N)(CCCNC)C(C)C)ccc12.COc1ccc(CCBr)cc1OC. The fourth-order valence-electron chi connectivity index (χ4n) is 9.56. The number of hydrogen-bond acceptors (Lipinski definition) is 10. The van der Waals surface area contributed by atoms with Gasteiger partial charge >= 0.3 is 0 Å². The largest absolute Gasteiger partial charge is 0.493 e. The van der Waals surface area contributed by atoms with Crippen molar-refractivity contribution in [3.63, 3.8) is 0 Å². The second kappa shape index (κ2) is 29.2. The van der Waals surface area contributed by atoms with Gasteiger partial charge in [-0.15, -0.1) is 0 Å². The number of fused-ring (bicyclic) bond motifs is 2. The maximum absolute atomic E-state index is 10.4. The maximum atomic E-state index is 10.4. The summed E-state index contributed by atoms with van der Waals surface area (Å²) in [5.74, 6) is 3.56. The van der Waals surface area contributed by atoms with Gasteiger partial charge in [-0.25, -0.2) is 0 Å². The highest BCUT2D eigenvalue weighted by Gasteiger charge is 2.37. The number of nitrogens with one attached hydrogen (secondary N) is 1. The zero-order valence-corrected chi connectivity index (χ0v) is 46.8. The van der Waals surface area contributed by atoms with Gasteiger partial charge in [0, 0.05) is 36.7 Å². The fourth-order valence-corrected chi connectivity index (χ4v) is 10.0. The van der Waals surface area contributed by atoms with E-state index in [0.29, 0.717) is 0 Å². The predicted octanol–water partition coefficient (Wildman–Crippen LogP) is 12.4. The molecule has 0 aliphatic rings. The third-order valence-corrected chi connectivity index (χ3v) is 14.5. The first-order chi connectivity index (χ1) is 34.1. The average molecular weight is 1050 g/mol. The normalized spacial score (nSPS) is 12.7. The van der Waals surface area contributed by atoms with Gasteiger partial charge in [0.1, 0.15) is 0 Å². The summed E-state index contributed by atoms with van der Waals surface area (Å²) < 4.78 is 25.0. The molecule has 0 aliphatic heterocycles. The van der Waals surface area contributed by atoms with Crippen LogP contribution in [0.1, 0.15) is 108 Å². The topological polar surface area (TPSA) is 135 Å². The highest BCUT2D eigenvalue weighted by atomic mass is 79.9. The Hall–Kier alpha value is -5.60. The fraction of sp³-hybridized carbons (Fsp3) is 0.525. The second-order valence-electron chi connectivity index (χ2n) is 19.0. The molecule has 2 heterocycles. The molecule has 12 nitrogen and oxygen atoms in total. The number of likely N-dealkylation sites (N-methyl/N-ethyl adjacent to an activating group) is 1. The number of hydrogen-bond donors (Lipinski definition) is 1. The summed E-state index contributed by atoms with van der Waals surface area (Å²) in [6.45, 7) is 15.7. The van der Waals surface area contributed by atoms with E-state index in [1.165, 1.54) is 21.9 Å². The van der Waals surface area contributed by atoms with Gasteiger partial charge in [-0.3, -0.25) is 9.36 Å². The number of ether oxygens (including phenoxy) is 4. The molecule has 6 aromatic rings. The van der Waals surface area contributed by atoms with Crippen LogP contribution in [-0.4, -0.2) is 92.0 Å². The van der Waals surface area contributed by atoms with Crippen LogP contribution < -0.4 is 24.3 Å². The van der Waals surface area contributed by atoms with Gasteiger partial charge in [0.05, 0.1) is 73.8 Å². The number of benzene rings is 4. The van der Waals surface area contributed by atoms with E-state index in [-0.39, 0.29) is 19.3 Å². The molecular formula is C59H85BrN8O4. The Kier molecular flexibility index (Phi) is 24.6. The molecule has 13 heteroatoms. The van der Waals surface area contributed by atoms with E-state index in [9.17, 15) is 10.5 Å². The standard InChI is InChI=1S/C29H40N4O2.C19H28N4.C10H13BrO2.CH4/c1-8-25-24-12-11-23(19-26(24)33(5)31-25)29(20-30,21(2)3)15-9-16-32(4)17-14-22-10-13-27(34-6)28(18-22)35-7;1-6-17-16-9-8-15(12-18(16)23(5)22-17)19(13-20,14(2)3)10-7-11-21-4;1-12-9-4-3-8(5-6-11)7-10(9)13-2;/h10-13,18-19,21H,8-9,14-17H2,1-7H3;8-9,12,14,21H,6-7,10-11H2,1-5H3;3-4,7H,5-6H2,1-2H3;1H4. The lowest BCUT2D eigenvalue weighted by molar-refractivity contribution is 0.294. The van der Waals surface area contributed by atoms with Crippen LogP contribution in [0.15, 0.2) is 72.8 Å². The summed E-state index contributed by atoms with van der Waals surface area (Å²) in [6.07, 6.45) is 7.40. The van der Waals surface area contributed by atoms with Gasteiger partial charge in [-0.05, 0) is 149 Å². The molecule has 392 valence electrons. The Bertz CT molecular complexity index is 2700. The van der Waals surface area contributed by atoms with Gasteiger partial charge in [0.2, 0.25) is 0 Å². The molecule has 0 saturated heterocycles. The molecule has 0 bridgehead atoms. The molecule has 0 aliphatic carbocycles. The van der Waals surface area contributed by atoms with Crippen LogP contribution in [0.2, 0.25) is 0 Å². The number of nitrogens with zero attached hydrogens (tertiary/aromatic N) is 7. The molecule has 0 radical (unpaired) electrons. The molecule has 4 aromatic carbocycles. The Morgan fingerprint density at radius 3 is 1.44 bits per heavy atom. The number of nitriles is 2. The summed E-state index contributed by atoms with van der Waals surface area (Å²) in [7, 11) is 14.7. The minimum absolute atomic E-state index is 0. The summed E-state index contributed by atoms with van der Waals surface area (Å²) in [4.78, 5) is 2.34. The smallest absolute Gasteiger partial charge is 0.160 e. The molecular weight excluding hydrogens is 965 g/mol. The first-order valence-corrected chi connectivity index (χ1v) is 26.3. The molecule has 0 saturated carbocycles.